The van der Waals surface area contributed by atoms with Crippen molar-refractivity contribution in [3.8, 4) is 5.75 Å². The molecule has 0 spiro atoms. The van der Waals surface area contributed by atoms with Crippen LogP contribution in [0.15, 0.2) is 33.3 Å². The van der Waals surface area contributed by atoms with Crippen LogP contribution >= 0.6 is 15.9 Å². The molecule has 1 aromatic carbocycles. The number of ether oxygens (including phenoxy) is 1. The Morgan fingerprint density at radius 3 is 2.86 bits per heavy atom. The Kier molecular flexibility index (Phi) is 5.82. The molecule has 21 heavy (non-hydrogen) atoms. The lowest BCUT2D eigenvalue weighted by molar-refractivity contribution is 0.282. The first-order valence-corrected chi connectivity index (χ1v) is 7.97. The minimum atomic E-state index is 0.233. The van der Waals surface area contributed by atoms with Crippen molar-refractivity contribution in [2.75, 3.05) is 6.54 Å². The van der Waals surface area contributed by atoms with E-state index in [2.05, 4.69) is 46.3 Å². The van der Waals surface area contributed by atoms with E-state index in [0.29, 0.717) is 6.61 Å². The predicted octanol–water partition coefficient (Wildman–Crippen LogP) is 4.39. The van der Waals surface area contributed by atoms with Crippen molar-refractivity contribution in [3.63, 3.8) is 0 Å². The first-order chi connectivity index (χ1) is 10.1. The van der Waals surface area contributed by atoms with Crippen molar-refractivity contribution in [2.45, 2.75) is 39.8 Å². The number of hydrogen-bond acceptors (Lipinski definition) is 4. The maximum atomic E-state index is 5.91. The molecule has 0 saturated heterocycles. The van der Waals surface area contributed by atoms with Gasteiger partial charge in [0, 0.05) is 22.1 Å². The zero-order valence-electron chi connectivity index (χ0n) is 12.6. The third-order valence-electron chi connectivity index (χ3n) is 3.19. The Bertz CT molecular complexity index is 583. The van der Waals surface area contributed by atoms with Crippen LogP contribution in [0.25, 0.3) is 0 Å². The smallest absolute Gasteiger partial charge is 0.134 e. The van der Waals surface area contributed by atoms with E-state index in [-0.39, 0.29) is 6.04 Å². The highest BCUT2D eigenvalue weighted by Gasteiger charge is 2.12. The molecular formula is C16H21BrN2O2. The zero-order chi connectivity index (χ0) is 15.2. The van der Waals surface area contributed by atoms with Crippen molar-refractivity contribution >= 4 is 15.9 Å². The van der Waals surface area contributed by atoms with Gasteiger partial charge in [0.05, 0.1) is 0 Å². The monoisotopic (exact) mass is 352 g/mol. The first kappa shape index (κ1) is 16.0. The van der Waals surface area contributed by atoms with Gasteiger partial charge >= 0.3 is 0 Å². The number of aryl methyl sites for hydroxylation is 1. The maximum Gasteiger partial charge on any atom is 0.134 e. The van der Waals surface area contributed by atoms with Gasteiger partial charge in [-0.1, -0.05) is 28.0 Å². The summed E-state index contributed by atoms with van der Waals surface area (Å²) < 4.78 is 12.0. The van der Waals surface area contributed by atoms with E-state index in [0.717, 1.165) is 40.2 Å². The van der Waals surface area contributed by atoms with Crippen LogP contribution < -0.4 is 10.1 Å². The van der Waals surface area contributed by atoms with E-state index < -0.39 is 0 Å². The van der Waals surface area contributed by atoms with E-state index in [1.165, 1.54) is 0 Å². The van der Waals surface area contributed by atoms with Gasteiger partial charge in [-0.3, -0.25) is 0 Å². The molecule has 2 rings (SSSR count). The average Bonchev–Trinajstić information content (AvgIpc) is 2.89. The Morgan fingerprint density at radius 2 is 2.19 bits per heavy atom. The molecule has 4 nitrogen and oxygen atoms in total. The lowest BCUT2D eigenvalue weighted by Crippen LogP contribution is -2.20. The molecule has 0 aliphatic carbocycles. The van der Waals surface area contributed by atoms with Crippen LogP contribution in [0.5, 0.6) is 5.75 Å². The molecule has 1 atom stereocenters. The van der Waals surface area contributed by atoms with Crippen molar-refractivity contribution in [2.24, 2.45) is 0 Å². The van der Waals surface area contributed by atoms with Gasteiger partial charge in [0.1, 0.15) is 23.8 Å². The van der Waals surface area contributed by atoms with Gasteiger partial charge in [-0.25, -0.2) is 0 Å². The van der Waals surface area contributed by atoms with Crippen LogP contribution in [0.2, 0.25) is 0 Å². The molecule has 0 radical (unpaired) electrons. The maximum absolute atomic E-state index is 5.91. The van der Waals surface area contributed by atoms with Crippen LogP contribution in [-0.2, 0) is 6.61 Å². The number of hydrogen-bond donors (Lipinski definition) is 1. The molecule has 1 aromatic heterocycles. The highest BCUT2D eigenvalue weighted by molar-refractivity contribution is 9.10. The molecular weight excluding hydrogens is 332 g/mol. The second kappa shape index (κ2) is 7.61. The van der Waals surface area contributed by atoms with Crippen molar-refractivity contribution in [1.82, 2.24) is 10.5 Å². The third kappa shape index (κ3) is 4.58. The number of nitrogens with one attached hydrogen (secondary N) is 1. The van der Waals surface area contributed by atoms with E-state index in [1.807, 2.05) is 25.1 Å². The van der Waals surface area contributed by atoms with Gasteiger partial charge < -0.3 is 14.6 Å². The number of benzene rings is 1. The Labute approximate surface area is 134 Å². The second-order valence-electron chi connectivity index (χ2n) is 5.08. The molecule has 0 amide bonds. The standard InChI is InChI=1S/C16H21BrN2O2/c1-4-7-18-12(3)15-9-13(17)5-6-16(15)20-10-14-8-11(2)21-19-14/h5-6,8-9,12,18H,4,7,10H2,1-3H3. The van der Waals surface area contributed by atoms with E-state index >= 15 is 0 Å². The van der Waals surface area contributed by atoms with E-state index in [1.54, 1.807) is 0 Å². The summed E-state index contributed by atoms with van der Waals surface area (Å²) in [5.41, 5.74) is 1.94. The predicted molar refractivity (Wildman–Crippen MR) is 86.4 cm³/mol. The fourth-order valence-electron chi connectivity index (χ4n) is 2.10. The highest BCUT2D eigenvalue weighted by atomic mass is 79.9. The van der Waals surface area contributed by atoms with E-state index in [9.17, 15) is 0 Å². The number of halogens is 1. The summed E-state index contributed by atoms with van der Waals surface area (Å²) in [7, 11) is 0. The summed E-state index contributed by atoms with van der Waals surface area (Å²) in [4.78, 5) is 0. The highest BCUT2D eigenvalue weighted by Crippen LogP contribution is 2.29. The summed E-state index contributed by atoms with van der Waals surface area (Å²) in [6, 6.07) is 8.18. The summed E-state index contributed by atoms with van der Waals surface area (Å²) in [6.07, 6.45) is 1.10. The largest absolute Gasteiger partial charge is 0.487 e. The van der Waals surface area contributed by atoms with Crippen molar-refractivity contribution < 1.29 is 9.26 Å². The molecule has 1 heterocycles. The first-order valence-electron chi connectivity index (χ1n) is 7.18. The van der Waals surface area contributed by atoms with Crippen LogP contribution in [0, 0.1) is 6.92 Å². The summed E-state index contributed by atoms with van der Waals surface area (Å²) in [5.74, 6) is 1.66. The summed E-state index contributed by atoms with van der Waals surface area (Å²) >= 11 is 3.52. The van der Waals surface area contributed by atoms with Gasteiger partial charge in [0.2, 0.25) is 0 Å². The topological polar surface area (TPSA) is 47.3 Å². The molecule has 1 N–H and O–H groups in total. The minimum Gasteiger partial charge on any atom is -0.487 e. The normalized spacial score (nSPS) is 12.4. The molecule has 5 heteroatoms. The van der Waals surface area contributed by atoms with Crippen LogP contribution in [0.1, 0.15) is 43.3 Å². The van der Waals surface area contributed by atoms with Gasteiger partial charge in [-0.05, 0) is 45.0 Å². The molecule has 2 aromatic rings. The van der Waals surface area contributed by atoms with Gasteiger partial charge in [-0.15, -0.1) is 0 Å². The van der Waals surface area contributed by atoms with Crippen molar-refractivity contribution in [3.05, 3.63) is 45.8 Å². The molecule has 0 fully saturated rings. The van der Waals surface area contributed by atoms with Crippen LogP contribution in [-0.4, -0.2) is 11.7 Å². The average molecular weight is 353 g/mol. The molecule has 1 unspecified atom stereocenters. The quantitative estimate of drug-likeness (QED) is 0.802. The molecule has 0 aliphatic rings. The second-order valence-corrected chi connectivity index (χ2v) is 5.99. The molecule has 0 bridgehead atoms. The Morgan fingerprint density at radius 1 is 1.38 bits per heavy atom. The van der Waals surface area contributed by atoms with Gasteiger partial charge in [-0.2, -0.15) is 0 Å². The van der Waals surface area contributed by atoms with Gasteiger partial charge in [0.15, 0.2) is 0 Å². The lowest BCUT2D eigenvalue weighted by Gasteiger charge is -2.18. The number of aromatic nitrogens is 1. The van der Waals surface area contributed by atoms with Crippen molar-refractivity contribution in [1.29, 1.82) is 0 Å². The lowest BCUT2D eigenvalue weighted by atomic mass is 10.1. The van der Waals surface area contributed by atoms with Gasteiger partial charge in [0.25, 0.3) is 0 Å². The molecule has 0 aliphatic heterocycles. The summed E-state index contributed by atoms with van der Waals surface area (Å²) in [6.45, 7) is 7.57. The van der Waals surface area contributed by atoms with Crippen LogP contribution in [0.3, 0.4) is 0 Å². The zero-order valence-corrected chi connectivity index (χ0v) is 14.2. The Hall–Kier alpha value is -1.33. The fourth-order valence-corrected chi connectivity index (χ4v) is 2.48. The van der Waals surface area contributed by atoms with E-state index in [4.69, 9.17) is 9.26 Å². The fraction of sp³-hybridized carbons (Fsp3) is 0.438. The number of rotatable bonds is 7. The third-order valence-corrected chi connectivity index (χ3v) is 3.68. The summed E-state index contributed by atoms with van der Waals surface area (Å²) in [5, 5.41) is 7.43. The Balaban J connectivity index is 2.10. The molecule has 0 saturated carbocycles. The SMILES string of the molecule is CCCNC(C)c1cc(Br)ccc1OCc1cc(C)on1. The molecule has 114 valence electrons. The number of nitrogens with zero attached hydrogens (tertiary/aromatic N) is 1. The van der Waals surface area contributed by atoms with Crippen LogP contribution in [0.4, 0.5) is 0 Å². The minimum absolute atomic E-state index is 0.233.